The number of nitrogens with zero attached hydrogens (tertiary/aromatic N) is 2. The zero-order valence-corrected chi connectivity index (χ0v) is 22.9. The molecule has 7 nitrogen and oxygen atoms in total. The van der Waals surface area contributed by atoms with Crippen LogP contribution in [0.5, 0.6) is 17.2 Å². The molecular formula is C30H34N2O5S. The Morgan fingerprint density at radius 3 is 2.58 bits per heavy atom. The summed E-state index contributed by atoms with van der Waals surface area (Å²) in [4.78, 5) is 18.3. The summed E-state index contributed by atoms with van der Waals surface area (Å²) in [5.41, 5.74) is 0.162. The molecule has 0 saturated heterocycles. The molecule has 1 heterocycles. The van der Waals surface area contributed by atoms with Gasteiger partial charge in [-0.25, -0.2) is 4.98 Å². The number of methoxy groups -OCH3 is 2. The highest BCUT2D eigenvalue weighted by molar-refractivity contribution is 8.03. The Morgan fingerprint density at radius 1 is 1.08 bits per heavy atom. The largest absolute Gasteiger partial charge is 0.494 e. The van der Waals surface area contributed by atoms with E-state index in [0.29, 0.717) is 59.4 Å². The first kappa shape index (κ1) is 27.5. The molecule has 1 aromatic heterocycles. The number of unbranched alkanes of at least 4 members (excludes halogenated alkanes) is 1. The topological polar surface area (TPSA) is 82.8 Å². The lowest BCUT2D eigenvalue weighted by Crippen LogP contribution is -2.28. The molecule has 0 amide bonds. The maximum absolute atomic E-state index is 13.4. The third-order valence-corrected chi connectivity index (χ3v) is 7.58. The molecule has 1 N–H and O–H groups in total. The summed E-state index contributed by atoms with van der Waals surface area (Å²) >= 11 is 1.29. The highest BCUT2D eigenvalue weighted by Gasteiger charge is 2.41. The van der Waals surface area contributed by atoms with Crippen molar-refractivity contribution in [3.05, 3.63) is 89.1 Å². The smallest absolute Gasteiger partial charge is 0.198 e. The van der Waals surface area contributed by atoms with Crippen LogP contribution in [-0.2, 0) is 18.3 Å². The highest BCUT2D eigenvalue weighted by atomic mass is 32.2. The summed E-state index contributed by atoms with van der Waals surface area (Å²) in [5.74, 6) is 2.02. The number of hydrogen-bond acceptors (Lipinski definition) is 7. The molecular weight excluding hydrogens is 500 g/mol. The molecule has 2 aromatic carbocycles. The summed E-state index contributed by atoms with van der Waals surface area (Å²) < 4.78 is 18.4. The van der Waals surface area contributed by atoms with Crippen LogP contribution in [0.15, 0.2) is 88.7 Å². The van der Waals surface area contributed by atoms with E-state index in [1.54, 1.807) is 26.5 Å². The van der Waals surface area contributed by atoms with Crippen molar-refractivity contribution in [1.29, 1.82) is 0 Å². The van der Waals surface area contributed by atoms with Crippen LogP contribution < -0.4 is 14.2 Å². The van der Waals surface area contributed by atoms with Crippen LogP contribution >= 0.6 is 11.8 Å². The fraction of sp³-hybridized carbons (Fsp3) is 0.333. The van der Waals surface area contributed by atoms with E-state index >= 15 is 0 Å². The van der Waals surface area contributed by atoms with Gasteiger partial charge < -0.3 is 23.9 Å². The first-order valence-electron chi connectivity index (χ1n) is 12.7. The summed E-state index contributed by atoms with van der Waals surface area (Å²) in [6.45, 7) is 0.547. The lowest BCUT2D eigenvalue weighted by molar-refractivity contribution is -0.112. The van der Waals surface area contributed by atoms with Crippen LogP contribution in [0.3, 0.4) is 0 Å². The van der Waals surface area contributed by atoms with E-state index in [1.807, 2.05) is 72.4 Å². The maximum Gasteiger partial charge on any atom is 0.198 e. The summed E-state index contributed by atoms with van der Waals surface area (Å²) in [7, 11) is 5.10. The van der Waals surface area contributed by atoms with E-state index in [4.69, 9.17) is 14.2 Å². The zero-order chi connectivity index (χ0) is 27.0. The lowest BCUT2D eigenvalue weighted by atomic mass is 9.89. The van der Waals surface area contributed by atoms with Crippen molar-refractivity contribution in [1.82, 2.24) is 9.55 Å². The van der Waals surface area contributed by atoms with Gasteiger partial charge in [-0.15, -0.1) is 0 Å². The van der Waals surface area contributed by atoms with Gasteiger partial charge in [-0.05, 0) is 79.8 Å². The predicted octanol–water partition coefficient (Wildman–Crippen LogP) is 5.54. The Bertz CT molecular complexity index is 1300. The van der Waals surface area contributed by atoms with E-state index in [0.717, 1.165) is 17.7 Å². The van der Waals surface area contributed by atoms with Crippen LogP contribution in [0.25, 0.3) is 0 Å². The minimum atomic E-state index is -1.32. The Kier molecular flexibility index (Phi) is 9.31. The van der Waals surface area contributed by atoms with E-state index in [2.05, 4.69) is 4.98 Å². The van der Waals surface area contributed by atoms with Crippen molar-refractivity contribution in [2.75, 3.05) is 20.8 Å². The van der Waals surface area contributed by atoms with Crippen molar-refractivity contribution >= 4 is 17.5 Å². The van der Waals surface area contributed by atoms with Crippen molar-refractivity contribution < 1.29 is 24.1 Å². The molecule has 3 aromatic rings. The minimum absolute atomic E-state index is 0.145. The highest BCUT2D eigenvalue weighted by Crippen LogP contribution is 2.41. The number of carbonyl (C=O) groups is 1. The molecule has 4 rings (SSSR count). The maximum atomic E-state index is 13.4. The number of carbonyl (C=O) groups excluding carboxylic acids is 1. The van der Waals surface area contributed by atoms with Gasteiger partial charge in [0.2, 0.25) is 0 Å². The molecule has 1 aliphatic carbocycles. The number of benzene rings is 2. The second-order valence-electron chi connectivity index (χ2n) is 9.15. The Hall–Kier alpha value is -3.49. The number of aryl methyl sites for hydroxylation is 2. The lowest BCUT2D eigenvalue weighted by Gasteiger charge is -2.22. The van der Waals surface area contributed by atoms with Crippen LogP contribution in [0.1, 0.15) is 31.2 Å². The number of aromatic nitrogens is 2. The number of hydrogen-bond donors (Lipinski definition) is 1. The van der Waals surface area contributed by atoms with E-state index in [9.17, 15) is 9.90 Å². The van der Waals surface area contributed by atoms with E-state index in [1.165, 1.54) is 11.8 Å². The van der Waals surface area contributed by atoms with Gasteiger partial charge in [-0.2, -0.15) is 0 Å². The van der Waals surface area contributed by atoms with Gasteiger partial charge in [0.05, 0.1) is 25.7 Å². The SMILES string of the molecule is COc1ccc(CC/C=C2/C(=O)C(Sc3nccn3C)=CC2(O)CCCCOc2ccccc2)cc1OC. The molecule has 1 atom stereocenters. The third kappa shape index (κ3) is 6.68. The zero-order valence-electron chi connectivity index (χ0n) is 22.1. The molecule has 0 fully saturated rings. The predicted molar refractivity (Wildman–Crippen MR) is 149 cm³/mol. The minimum Gasteiger partial charge on any atom is -0.494 e. The van der Waals surface area contributed by atoms with Crippen LogP contribution in [0.4, 0.5) is 0 Å². The monoisotopic (exact) mass is 534 g/mol. The fourth-order valence-corrected chi connectivity index (χ4v) is 5.38. The number of allylic oxidation sites excluding steroid dienone is 2. The van der Waals surface area contributed by atoms with Crippen LogP contribution in [0, 0.1) is 0 Å². The molecule has 8 heteroatoms. The van der Waals surface area contributed by atoms with Gasteiger partial charge in [0.1, 0.15) is 11.4 Å². The van der Waals surface area contributed by atoms with Gasteiger partial charge in [-0.1, -0.05) is 30.3 Å². The molecule has 38 heavy (non-hydrogen) atoms. The number of imidazole rings is 1. The summed E-state index contributed by atoms with van der Waals surface area (Å²) in [6.07, 6.45) is 10.3. The number of ether oxygens (including phenoxy) is 3. The van der Waals surface area contributed by atoms with Gasteiger partial charge in [-0.3, -0.25) is 4.79 Å². The number of aliphatic hydroxyl groups is 1. The number of ketones is 1. The number of thioether (sulfide) groups is 1. The van der Waals surface area contributed by atoms with Gasteiger partial charge in [0.25, 0.3) is 0 Å². The molecule has 1 aliphatic rings. The van der Waals surface area contributed by atoms with E-state index < -0.39 is 5.60 Å². The van der Waals surface area contributed by atoms with Gasteiger partial charge in [0, 0.05) is 25.0 Å². The third-order valence-electron chi connectivity index (χ3n) is 6.48. The average Bonchev–Trinajstić information content (AvgIpc) is 3.44. The van der Waals surface area contributed by atoms with Crippen molar-refractivity contribution in [3.8, 4) is 17.2 Å². The molecule has 1 unspecified atom stereocenters. The fourth-order valence-electron chi connectivity index (χ4n) is 4.41. The molecule has 0 aliphatic heterocycles. The molecule has 0 radical (unpaired) electrons. The Balaban J connectivity index is 1.45. The number of para-hydroxylation sites is 1. The normalized spacial score (nSPS) is 18.1. The standard InChI is InChI=1S/C30H34N2O5S/c1-32-18-17-31-29(32)38-27-21-30(34,16-7-8-19-37-23-11-5-4-6-12-23)24(28(27)33)13-9-10-22-14-15-25(35-2)26(20-22)36-3/h4-6,11-15,17-18,20-21,34H,7-10,16,19H2,1-3H3/b24-13-. The molecule has 0 saturated carbocycles. The second-order valence-corrected chi connectivity index (χ2v) is 10.2. The number of rotatable bonds is 13. The van der Waals surface area contributed by atoms with Crippen molar-refractivity contribution in [2.24, 2.45) is 7.05 Å². The Labute approximate surface area is 228 Å². The molecule has 0 spiro atoms. The second kappa shape index (κ2) is 12.8. The first-order valence-corrected chi connectivity index (χ1v) is 13.5. The molecule has 200 valence electrons. The Morgan fingerprint density at radius 2 is 1.87 bits per heavy atom. The number of Topliss-reactive ketones (excluding diaryl/α,β-unsaturated/α-hetero) is 1. The first-order chi connectivity index (χ1) is 18.4. The van der Waals surface area contributed by atoms with Gasteiger partial charge in [0.15, 0.2) is 22.4 Å². The van der Waals surface area contributed by atoms with Crippen LogP contribution in [-0.4, -0.2) is 46.9 Å². The summed E-state index contributed by atoms with van der Waals surface area (Å²) in [6, 6.07) is 15.5. The van der Waals surface area contributed by atoms with Crippen molar-refractivity contribution in [3.63, 3.8) is 0 Å². The van der Waals surface area contributed by atoms with E-state index in [-0.39, 0.29) is 5.78 Å². The quantitative estimate of drug-likeness (QED) is 0.228. The van der Waals surface area contributed by atoms with Gasteiger partial charge >= 0.3 is 0 Å². The van der Waals surface area contributed by atoms with Crippen LogP contribution in [0.2, 0.25) is 0 Å². The van der Waals surface area contributed by atoms with Crippen molar-refractivity contribution in [2.45, 2.75) is 42.9 Å². The summed E-state index contributed by atoms with van der Waals surface area (Å²) in [5, 5.41) is 12.4. The average molecular weight is 535 g/mol. The molecule has 0 bridgehead atoms.